The maximum Gasteiger partial charge on any atom is 0.227 e. The second-order valence-corrected chi connectivity index (χ2v) is 10.7. The fraction of sp³-hybridized carbons (Fsp3) is 0.391. The predicted molar refractivity (Wildman–Crippen MR) is 124 cm³/mol. The molecular weight excluding hydrogens is 450 g/mol. The summed E-state index contributed by atoms with van der Waals surface area (Å²) in [6.45, 7) is 1.44. The summed E-state index contributed by atoms with van der Waals surface area (Å²) in [6, 6.07) is 14.8. The van der Waals surface area contributed by atoms with Gasteiger partial charge in [-0.25, -0.2) is 8.42 Å². The molecule has 0 bridgehead atoms. The molecule has 1 unspecified atom stereocenters. The zero-order valence-electron chi connectivity index (χ0n) is 17.7. The van der Waals surface area contributed by atoms with Crippen LogP contribution in [0.5, 0.6) is 0 Å². The van der Waals surface area contributed by atoms with E-state index < -0.39 is 15.9 Å². The average Bonchev–Trinajstić information content (AvgIpc) is 3.18. The Bertz CT molecular complexity index is 1100. The van der Waals surface area contributed by atoms with Crippen LogP contribution < -0.4 is 10.2 Å². The van der Waals surface area contributed by atoms with E-state index in [4.69, 9.17) is 11.6 Å². The van der Waals surface area contributed by atoms with Crippen molar-refractivity contribution < 1.29 is 18.0 Å². The van der Waals surface area contributed by atoms with Crippen LogP contribution in [-0.4, -0.2) is 49.9 Å². The molecule has 1 saturated heterocycles. The van der Waals surface area contributed by atoms with Gasteiger partial charge in [0.15, 0.2) is 0 Å². The van der Waals surface area contributed by atoms with Crippen molar-refractivity contribution in [3.63, 3.8) is 0 Å². The van der Waals surface area contributed by atoms with E-state index in [0.29, 0.717) is 43.2 Å². The lowest BCUT2D eigenvalue weighted by atomic mass is 10.0. The van der Waals surface area contributed by atoms with Crippen LogP contribution >= 0.6 is 11.6 Å². The maximum atomic E-state index is 12.7. The predicted octanol–water partition coefficient (Wildman–Crippen LogP) is 2.59. The molecule has 1 fully saturated rings. The van der Waals surface area contributed by atoms with E-state index in [-0.39, 0.29) is 30.5 Å². The number of rotatable bonds is 7. The fourth-order valence-corrected chi connectivity index (χ4v) is 5.80. The monoisotopic (exact) mass is 475 g/mol. The number of nitrogens with zero attached hydrogens (tertiary/aromatic N) is 2. The van der Waals surface area contributed by atoms with E-state index >= 15 is 0 Å². The van der Waals surface area contributed by atoms with Gasteiger partial charge in [0.2, 0.25) is 21.8 Å². The normalized spacial score (nSPS) is 19.1. The molecule has 2 aliphatic heterocycles. The largest absolute Gasteiger partial charge is 0.356 e. The Morgan fingerprint density at radius 2 is 1.81 bits per heavy atom. The number of benzene rings is 2. The first-order valence-electron chi connectivity index (χ1n) is 10.7. The van der Waals surface area contributed by atoms with Gasteiger partial charge in [0.05, 0.1) is 11.7 Å². The summed E-state index contributed by atoms with van der Waals surface area (Å²) >= 11 is 5.90. The lowest BCUT2D eigenvalue weighted by molar-refractivity contribution is -0.126. The van der Waals surface area contributed by atoms with Crippen LogP contribution in [0.2, 0.25) is 5.02 Å². The molecule has 0 saturated carbocycles. The number of halogens is 1. The quantitative estimate of drug-likeness (QED) is 0.623. The van der Waals surface area contributed by atoms with Crippen molar-refractivity contribution in [3.05, 3.63) is 64.7 Å². The standard InChI is InChI=1S/C23H26ClN3O4S/c24-20-6-8-21(9-7-20)27-16-19(14-22(27)28)23(29)25-11-3-13-32(30,31)26-12-10-17-4-1-2-5-18(17)15-26/h1-2,4-9,19H,3,10-16H2,(H,25,29). The van der Waals surface area contributed by atoms with E-state index in [1.807, 2.05) is 24.3 Å². The van der Waals surface area contributed by atoms with Crippen LogP contribution in [0.3, 0.4) is 0 Å². The van der Waals surface area contributed by atoms with Gasteiger partial charge < -0.3 is 10.2 Å². The zero-order valence-corrected chi connectivity index (χ0v) is 19.2. The Labute approximate surface area is 193 Å². The van der Waals surface area contributed by atoms with Crippen LogP contribution in [-0.2, 0) is 32.6 Å². The van der Waals surface area contributed by atoms with Crippen molar-refractivity contribution in [3.8, 4) is 0 Å². The second-order valence-electron chi connectivity index (χ2n) is 8.19. The molecule has 170 valence electrons. The number of nitrogens with one attached hydrogen (secondary N) is 1. The molecule has 2 aromatic carbocycles. The van der Waals surface area contributed by atoms with Gasteiger partial charge in [0.1, 0.15) is 0 Å². The van der Waals surface area contributed by atoms with Gasteiger partial charge in [0.25, 0.3) is 0 Å². The molecular formula is C23H26ClN3O4S. The van der Waals surface area contributed by atoms with Gasteiger partial charge in [-0.05, 0) is 48.2 Å². The minimum absolute atomic E-state index is 0.0179. The van der Waals surface area contributed by atoms with Crippen molar-refractivity contribution in [2.45, 2.75) is 25.8 Å². The number of amides is 2. The zero-order chi connectivity index (χ0) is 22.7. The molecule has 1 N–H and O–H groups in total. The maximum absolute atomic E-state index is 12.7. The minimum atomic E-state index is -3.39. The molecule has 7 nitrogen and oxygen atoms in total. The molecule has 0 spiro atoms. The molecule has 2 aliphatic rings. The Morgan fingerprint density at radius 3 is 2.56 bits per heavy atom. The van der Waals surface area contributed by atoms with E-state index in [2.05, 4.69) is 5.32 Å². The number of sulfonamides is 1. The number of carbonyl (C=O) groups excluding carboxylic acids is 2. The molecule has 1 atom stereocenters. The summed E-state index contributed by atoms with van der Waals surface area (Å²) in [4.78, 5) is 26.4. The first kappa shape index (κ1) is 22.8. The highest BCUT2D eigenvalue weighted by Crippen LogP contribution is 2.26. The number of fused-ring (bicyclic) bond motifs is 1. The van der Waals surface area contributed by atoms with Crippen LogP contribution in [0.15, 0.2) is 48.5 Å². The second kappa shape index (κ2) is 9.60. The van der Waals surface area contributed by atoms with Gasteiger partial charge in [0, 0.05) is 43.3 Å². The lowest BCUT2D eigenvalue weighted by Gasteiger charge is -2.28. The first-order valence-corrected chi connectivity index (χ1v) is 12.7. The van der Waals surface area contributed by atoms with Crippen LogP contribution in [0.1, 0.15) is 24.0 Å². The SMILES string of the molecule is O=C(NCCCS(=O)(=O)N1CCc2ccccc2C1)C1CC(=O)N(c2ccc(Cl)cc2)C1. The average molecular weight is 476 g/mol. The Morgan fingerprint density at radius 1 is 1.09 bits per heavy atom. The summed E-state index contributed by atoms with van der Waals surface area (Å²) in [5.41, 5.74) is 2.96. The van der Waals surface area contributed by atoms with Crippen molar-refractivity contribution in [1.29, 1.82) is 0 Å². The number of carbonyl (C=O) groups is 2. The summed E-state index contributed by atoms with van der Waals surface area (Å²) in [7, 11) is -3.39. The molecule has 4 rings (SSSR count). The van der Waals surface area contributed by atoms with Gasteiger partial charge >= 0.3 is 0 Å². The summed E-state index contributed by atoms with van der Waals surface area (Å²) < 4.78 is 27.0. The topological polar surface area (TPSA) is 86.8 Å². The minimum Gasteiger partial charge on any atom is -0.356 e. The van der Waals surface area contributed by atoms with E-state index in [1.54, 1.807) is 29.2 Å². The smallest absolute Gasteiger partial charge is 0.227 e. The van der Waals surface area contributed by atoms with Gasteiger partial charge in [-0.3, -0.25) is 9.59 Å². The van der Waals surface area contributed by atoms with Gasteiger partial charge in [-0.1, -0.05) is 35.9 Å². The third kappa shape index (κ3) is 5.14. The Kier molecular flexibility index (Phi) is 6.83. The number of anilines is 1. The summed E-state index contributed by atoms with van der Waals surface area (Å²) in [5, 5.41) is 3.38. The molecule has 32 heavy (non-hydrogen) atoms. The van der Waals surface area contributed by atoms with Gasteiger partial charge in [-0.2, -0.15) is 4.31 Å². The molecule has 2 heterocycles. The van der Waals surface area contributed by atoms with E-state index in [1.165, 1.54) is 9.87 Å². The molecule has 2 amide bonds. The van der Waals surface area contributed by atoms with E-state index in [0.717, 1.165) is 5.56 Å². The van der Waals surface area contributed by atoms with Crippen LogP contribution in [0.25, 0.3) is 0 Å². The van der Waals surface area contributed by atoms with Crippen LogP contribution in [0, 0.1) is 5.92 Å². The van der Waals surface area contributed by atoms with Crippen molar-refractivity contribution >= 4 is 39.1 Å². The third-order valence-corrected chi connectivity index (χ3v) is 8.16. The molecule has 9 heteroatoms. The molecule has 0 aliphatic carbocycles. The van der Waals surface area contributed by atoms with Crippen molar-refractivity contribution in [1.82, 2.24) is 9.62 Å². The fourth-order valence-electron chi connectivity index (χ4n) is 4.20. The highest BCUT2D eigenvalue weighted by molar-refractivity contribution is 7.89. The highest BCUT2D eigenvalue weighted by Gasteiger charge is 2.35. The van der Waals surface area contributed by atoms with E-state index in [9.17, 15) is 18.0 Å². The Hall–Kier alpha value is -2.42. The van der Waals surface area contributed by atoms with Crippen molar-refractivity contribution in [2.75, 3.05) is 30.3 Å². The lowest BCUT2D eigenvalue weighted by Crippen LogP contribution is -2.38. The Balaban J connectivity index is 1.24. The molecule has 2 aromatic rings. The number of hydrogen-bond acceptors (Lipinski definition) is 4. The van der Waals surface area contributed by atoms with Crippen molar-refractivity contribution in [2.24, 2.45) is 5.92 Å². The number of hydrogen-bond donors (Lipinski definition) is 1. The summed E-state index contributed by atoms with van der Waals surface area (Å²) in [6.07, 6.45) is 1.18. The van der Waals surface area contributed by atoms with Crippen LogP contribution in [0.4, 0.5) is 5.69 Å². The first-order chi connectivity index (χ1) is 15.3. The molecule has 0 radical (unpaired) electrons. The van der Waals surface area contributed by atoms with Gasteiger partial charge in [-0.15, -0.1) is 0 Å². The molecule has 0 aromatic heterocycles. The third-order valence-electron chi connectivity index (χ3n) is 6.00. The summed E-state index contributed by atoms with van der Waals surface area (Å²) in [5.74, 6) is -0.802. The highest BCUT2D eigenvalue weighted by atomic mass is 35.5.